The molecule has 0 amide bonds. The van der Waals surface area contributed by atoms with Gasteiger partial charge in [0.05, 0.1) is 21.9 Å². The highest BCUT2D eigenvalue weighted by Crippen LogP contribution is 2.23. The largest absolute Gasteiger partial charge is 0.291 e. The molecule has 1 aromatic rings. The number of nitrogens with zero attached hydrogens (tertiary/aromatic N) is 2. The molecule has 5 heteroatoms. The van der Waals surface area contributed by atoms with Gasteiger partial charge in [-0.05, 0) is 0 Å². The summed E-state index contributed by atoms with van der Waals surface area (Å²) in [7, 11) is 0. The van der Waals surface area contributed by atoms with Gasteiger partial charge in [-0.25, -0.2) is 0 Å². The molecular formula is C7H5Cl2N2O. The van der Waals surface area contributed by atoms with Crippen molar-refractivity contribution >= 4 is 29.5 Å². The van der Waals surface area contributed by atoms with Crippen LogP contribution in [0.4, 0.5) is 0 Å². The first kappa shape index (κ1) is 9.42. The normalized spacial score (nSPS) is 9.83. The Morgan fingerprint density at radius 2 is 2.25 bits per heavy atom. The molecule has 63 valence electrons. The number of aryl methyl sites for hydroxylation is 1. The second-order valence-electron chi connectivity index (χ2n) is 2.10. The molecule has 0 aliphatic carbocycles. The monoisotopic (exact) mass is 203 g/mol. The highest BCUT2D eigenvalue weighted by atomic mass is 35.5. The number of hydrogen-bond acceptors (Lipinski definition) is 3. The highest BCUT2D eigenvalue weighted by molar-refractivity contribution is 6.42. The van der Waals surface area contributed by atoms with Gasteiger partial charge >= 0.3 is 0 Å². The molecule has 0 aliphatic heterocycles. The maximum absolute atomic E-state index is 9.93. The quantitative estimate of drug-likeness (QED) is 0.754. The third-order valence-corrected chi connectivity index (χ3v) is 2.08. The number of rotatable bonds is 3. The Morgan fingerprint density at radius 1 is 1.50 bits per heavy atom. The molecule has 1 rings (SSSR count). The van der Waals surface area contributed by atoms with E-state index in [4.69, 9.17) is 23.2 Å². The van der Waals surface area contributed by atoms with Gasteiger partial charge in [-0.3, -0.25) is 4.79 Å². The molecule has 0 saturated heterocycles. The Hall–Kier alpha value is -0.670. The van der Waals surface area contributed by atoms with Crippen LogP contribution in [-0.2, 0) is 11.2 Å². The van der Waals surface area contributed by atoms with Crippen LogP contribution in [0.1, 0.15) is 12.1 Å². The van der Waals surface area contributed by atoms with E-state index in [1.54, 1.807) is 6.29 Å². The van der Waals surface area contributed by atoms with Crippen molar-refractivity contribution in [2.45, 2.75) is 12.8 Å². The molecule has 12 heavy (non-hydrogen) atoms. The lowest BCUT2D eigenvalue weighted by atomic mass is 10.2. The molecule has 0 aromatic carbocycles. The molecule has 0 unspecified atom stereocenters. The van der Waals surface area contributed by atoms with E-state index in [1.807, 2.05) is 0 Å². The van der Waals surface area contributed by atoms with Crippen molar-refractivity contribution in [2.75, 3.05) is 0 Å². The van der Waals surface area contributed by atoms with E-state index in [0.29, 0.717) is 22.2 Å². The third-order valence-electron chi connectivity index (χ3n) is 1.28. The Kier molecular flexibility index (Phi) is 3.44. The molecule has 0 aliphatic rings. The molecule has 1 aromatic heterocycles. The van der Waals surface area contributed by atoms with E-state index in [0.717, 1.165) is 0 Å². The maximum atomic E-state index is 9.93. The molecule has 1 radical (unpaired) electrons. The van der Waals surface area contributed by atoms with Crippen molar-refractivity contribution in [3.8, 4) is 0 Å². The van der Waals surface area contributed by atoms with E-state index >= 15 is 0 Å². The van der Waals surface area contributed by atoms with E-state index in [-0.39, 0.29) is 6.42 Å². The second-order valence-corrected chi connectivity index (χ2v) is 2.88. The predicted octanol–water partition coefficient (Wildman–Crippen LogP) is 1.83. The first-order valence-electron chi connectivity index (χ1n) is 3.26. The molecule has 0 spiro atoms. The SMILES string of the molecule is O=[C]CCc1nncc(Cl)c1Cl. The van der Waals surface area contributed by atoms with E-state index in [9.17, 15) is 4.79 Å². The zero-order valence-corrected chi connectivity index (χ0v) is 7.56. The minimum Gasteiger partial charge on any atom is -0.291 e. The van der Waals surface area contributed by atoms with Gasteiger partial charge < -0.3 is 0 Å². The summed E-state index contributed by atoms with van der Waals surface area (Å²) in [5.41, 5.74) is 0.535. The third kappa shape index (κ3) is 2.16. The summed E-state index contributed by atoms with van der Waals surface area (Å²) in [5, 5.41) is 8.05. The van der Waals surface area contributed by atoms with E-state index < -0.39 is 0 Å². The molecule has 0 atom stereocenters. The van der Waals surface area contributed by atoms with E-state index in [1.165, 1.54) is 6.20 Å². The topological polar surface area (TPSA) is 42.9 Å². The average Bonchev–Trinajstić information content (AvgIpc) is 2.08. The number of aromatic nitrogens is 2. The first-order valence-corrected chi connectivity index (χ1v) is 4.02. The van der Waals surface area contributed by atoms with Crippen LogP contribution in [0.3, 0.4) is 0 Å². The molecule has 0 fully saturated rings. The van der Waals surface area contributed by atoms with Gasteiger partial charge in [0.15, 0.2) is 6.29 Å². The Bertz CT molecular complexity index is 291. The Balaban J connectivity index is 2.84. The van der Waals surface area contributed by atoms with E-state index in [2.05, 4.69) is 10.2 Å². The zero-order chi connectivity index (χ0) is 8.97. The lowest BCUT2D eigenvalue weighted by Gasteiger charge is -1.99. The number of hydrogen-bond donors (Lipinski definition) is 0. The van der Waals surface area contributed by atoms with Gasteiger partial charge in [0, 0.05) is 12.8 Å². The molecule has 3 nitrogen and oxygen atoms in total. The Morgan fingerprint density at radius 3 is 2.92 bits per heavy atom. The average molecular weight is 204 g/mol. The van der Waals surface area contributed by atoms with Crippen LogP contribution in [0.15, 0.2) is 6.20 Å². The van der Waals surface area contributed by atoms with Crippen molar-refractivity contribution in [1.29, 1.82) is 0 Å². The fourth-order valence-electron chi connectivity index (χ4n) is 0.717. The molecular weight excluding hydrogens is 199 g/mol. The van der Waals surface area contributed by atoms with Crippen molar-refractivity contribution < 1.29 is 4.79 Å². The zero-order valence-electron chi connectivity index (χ0n) is 6.05. The molecule has 1 heterocycles. The van der Waals surface area contributed by atoms with Crippen LogP contribution in [-0.4, -0.2) is 16.5 Å². The summed E-state index contributed by atoms with van der Waals surface area (Å²) in [6, 6.07) is 0. The minimum absolute atomic E-state index is 0.259. The number of carbonyl (C=O) groups excluding carboxylic acids is 1. The molecule has 0 saturated carbocycles. The summed E-state index contributed by atoms with van der Waals surface area (Å²) < 4.78 is 0. The maximum Gasteiger partial charge on any atom is 0.198 e. The van der Waals surface area contributed by atoms with Gasteiger partial charge in [-0.15, -0.1) is 0 Å². The molecule has 0 N–H and O–H groups in total. The van der Waals surface area contributed by atoms with Crippen molar-refractivity contribution in [3.05, 3.63) is 21.9 Å². The highest BCUT2D eigenvalue weighted by Gasteiger charge is 2.05. The van der Waals surface area contributed by atoms with Crippen LogP contribution in [0.5, 0.6) is 0 Å². The summed E-state index contributed by atoms with van der Waals surface area (Å²) in [5.74, 6) is 0. The van der Waals surface area contributed by atoms with Crippen molar-refractivity contribution in [3.63, 3.8) is 0 Å². The Labute approximate surface area is 79.7 Å². The van der Waals surface area contributed by atoms with Crippen LogP contribution in [0.2, 0.25) is 10.0 Å². The van der Waals surface area contributed by atoms with Crippen molar-refractivity contribution in [1.82, 2.24) is 10.2 Å². The van der Waals surface area contributed by atoms with Gasteiger partial charge in [0.25, 0.3) is 0 Å². The summed E-state index contributed by atoms with van der Waals surface area (Å²) in [6.45, 7) is 0. The summed E-state index contributed by atoms with van der Waals surface area (Å²) in [6.07, 6.45) is 3.79. The smallest absolute Gasteiger partial charge is 0.198 e. The summed E-state index contributed by atoms with van der Waals surface area (Å²) in [4.78, 5) is 9.93. The lowest BCUT2D eigenvalue weighted by molar-refractivity contribution is 0.550. The van der Waals surface area contributed by atoms with Crippen molar-refractivity contribution in [2.24, 2.45) is 0 Å². The second kappa shape index (κ2) is 4.38. The first-order chi connectivity index (χ1) is 5.75. The van der Waals surface area contributed by atoms with Gasteiger partial charge in [0.1, 0.15) is 0 Å². The van der Waals surface area contributed by atoms with Crippen LogP contribution < -0.4 is 0 Å². The standard InChI is InChI=1S/C7H5Cl2N2O/c8-5-4-10-11-6(7(5)9)2-1-3-12/h4H,1-2H2. The van der Waals surface area contributed by atoms with Crippen LogP contribution in [0, 0.1) is 0 Å². The van der Waals surface area contributed by atoms with Gasteiger partial charge in [-0.1, -0.05) is 23.2 Å². The van der Waals surface area contributed by atoms with Crippen LogP contribution in [0.25, 0.3) is 0 Å². The van der Waals surface area contributed by atoms with Gasteiger partial charge in [0.2, 0.25) is 0 Å². The van der Waals surface area contributed by atoms with Crippen LogP contribution >= 0.6 is 23.2 Å². The van der Waals surface area contributed by atoms with Gasteiger partial charge in [-0.2, -0.15) is 10.2 Å². The summed E-state index contributed by atoms with van der Waals surface area (Å²) >= 11 is 11.4. The fourth-order valence-corrected chi connectivity index (χ4v) is 1.05. The predicted molar refractivity (Wildman–Crippen MR) is 46.1 cm³/mol. The molecule has 0 bridgehead atoms. The lowest BCUT2D eigenvalue weighted by Crippen LogP contribution is -1.95. The number of halogens is 2. The fraction of sp³-hybridized carbons (Fsp3) is 0.286. The minimum atomic E-state index is 0.259.